The standard InChI is InChI=1S/C22H30N2O5S/c1-17-11-13-19(14-12-17)29-16-18(2)23-22(25)10-7-15-24(30(4,26)27)20-8-5-6-9-21(20)28-3/h5-6,8-9,11-14,18H,7,10,15-16H2,1-4H3,(H,23,25)/t18-/m0/s1. The number of methoxy groups -OCH3 is 1. The molecule has 2 rings (SSSR count). The van der Waals surface area contributed by atoms with Gasteiger partial charge in [0.15, 0.2) is 0 Å². The van der Waals surface area contributed by atoms with Gasteiger partial charge in [-0.2, -0.15) is 0 Å². The number of hydrogen-bond donors (Lipinski definition) is 1. The van der Waals surface area contributed by atoms with Crippen molar-refractivity contribution >= 4 is 21.6 Å². The van der Waals surface area contributed by atoms with Crippen molar-refractivity contribution in [2.45, 2.75) is 32.7 Å². The fourth-order valence-electron chi connectivity index (χ4n) is 2.93. The summed E-state index contributed by atoms with van der Waals surface area (Å²) in [6, 6.07) is 14.5. The first-order valence-electron chi connectivity index (χ1n) is 9.80. The molecule has 0 saturated carbocycles. The number of para-hydroxylation sites is 2. The Morgan fingerprint density at radius 1 is 1.13 bits per heavy atom. The van der Waals surface area contributed by atoms with Crippen molar-refractivity contribution in [2.24, 2.45) is 0 Å². The Bertz CT molecular complexity index is 929. The third kappa shape index (κ3) is 7.26. The number of anilines is 1. The van der Waals surface area contributed by atoms with Gasteiger partial charge in [0.2, 0.25) is 15.9 Å². The van der Waals surface area contributed by atoms with Crippen molar-refractivity contribution in [1.82, 2.24) is 5.32 Å². The summed E-state index contributed by atoms with van der Waals surface area (Å²) in [7, 11) is -2.02. The van der Waals surface area contributed by atoms with Gasteiger partial charge in [0, 0.05) is 13.0 Å². The van der Waals surface area contributed by atoms with Crippen molar-refractivity contribution in [3.05, 3.63) is 54.1 Å². The van der Waals surface area contributed by atoms with Crippen LogP contribution in [0.4, 0.5) is 5.69 Å². The fourth-order valence-corrected chi connectivity index (χ4v) is 3.90. The molecular formula is C22H30N2O5S. The van der Waals surface area contributed by atoms with E-state index in [1.54, 1.807) is 24.3 Å². The predicted octanol–water partition coefficient (Wildman–Crippen LogP) is 3.13. The van der Waals surface area contributed by atoms with E-state index in [1.165, 1.54) is 11.4 Å². The lowest BCUT2D eigenvalue weighted by Crippen LogP contribution is -2.37. The number of hydrogen-bond acceptors (Lipinski definition) is 5. The van der Waals surface area contributed by atoms with Crippen molar-refractivity contribution in [1.29, 1.82) is 0 Å². The van der Waals surface area contributed by atoms with E-state index >= 15 is 0 Å². The molecular weight excluding hydrogens is 404 g/mol. The molecule has 0 aromatic heterocycles. The quantitative estimate of drug-likeness (QED) is 0.587. The molecule has 0 unspecified atom stereocenters. The zero-order valence-electron chi connectivity index (χ0n) is 17.9. The highest BCUT2D eigenvalue weighted by Gasteiger charge is 2.21. The molecule has 0 aliphatic heterocycles. The molecule has 0 heterocycles. The number of amides is 1. The second-order valence-electron chi connectivity index (χ2n) is 7.20. The maximum Gasteiger partial charge on any atom is 0.232 e. The highest BCUT2D eigenvalue weighted by molar-refractivity contribution is 7.92. The second kappa shape index (κ2) is 10.9. The Hall–Kier alpha value is -2.74. The van der Waals surface area contributed by atoms with Crippen molar-refractivity contribution in [3.63, 3.8) is 0 Å². The van der Waals surface area contributed by atoms with E-state index in [0.29, 0.717) is 24.5 Å². The first kappa shape index (κ1) is 23.5. The van der Waals surface area contributed by atoms with Crippen molar-refractivity contribution < 1.29 is 22.7 Å². The SMILES string of the molecule is COc1ccccc1N(CCCC(=O)N[C@@H](C)COc1ccc(C)cc1)S(C)(=O)=O. The van der Waals surface area contributed by atoms with Crippen LogP contribution in [0.25, 0.3) is 0 Å². The summed E-state index contributed by atoms with van der Waals surface area (Å²) in [5, 5.41) is 2.88. The van der Waals surface area contributed by atoms with Gasteiger partial charge in [0.25, 0.3) is 0 Å². The van der Waals surface area contributed by atoms with Crippen LogP contribution in [-0.2, 0) is 14.8 Å². The number of nitrogens with one attached hydrogen (secondary N) is 1. The molecule has 0 radical (unpaired) electrons. The van der Waals surface area contributed by atoms with Crippen LogP contribution < -0.4 is 19.1 Å². The maximum absolute atomic E-state index is 12.2. The van der Waals surface area contributed by atoms with E-state index in [1.807, 2.05) is 38.1 Å². The number of carbonyl (C=O) groups is 1. The van der Waals surface area contributed by atoms with Gasteiger partial charge >= 0.3 is 0 Å². The zero-order valence-corrected chi connectivity index (χ0v) is 18.7. The lowest BCUT2D eigenvalue weighted by molar-refractivity contribution is -0.121. The largest absolute Gasteiger partial charge is 0.495 e. The molecule has 0 bridgehead atoms. The number of sulfonamides is 1. The Labute approximate surface area is 179 Å². The summed E-state index contributed by atoms with van der Waals surface area (Å²) in [5.74, 6) is 1.07. The lowest BCUT2D eigenvalue weighted by atomic mass is 10.2. The zero-order chi connectivity index (χ0) is 22.1. The average molecular weight is 435 g/mol. The summed E-state index contributed by atoms with van der Waals surface area (Å²) in [6.07, 6.45) is 1.72. The monoisotopic (exact) mass is 434 g/mol. The van der Waals surface area contributed by atoms with E-state index in [4.69, 9.17) is 9.47 Å². The molecule has 1 amide bonds. The molecule has 7 nitrogen and oxygen atoms in total. The minimum atomic E-state index is -3.51. The highest BCUT2D eigenvalue weighted by atomic mass is 32.2. The van der Waals surface area contributed by atoms with Crippen LogP contribution in [0.2, 0.25) is 0 Å². The summed E-state index contributed by atoms with van der Waals surface area (Å²) < 4.78 is 36.7. The molecule has 2 aromatic carbocycles. The van der Waals surface area contributed by atoms with Crippen molar-refractivity contribution in [2.75, 3.05) is 30.8 Å². The normalized spacial score (nSPS) is 12.1. The molecule has 0 fully saturated rings. The van der Waals surface area contributed by atoms with E-state index in [-0.39, 0.29) is 24.9 Å². The van der Waals surface area contributed by atoms with Gasteiger partial charge in [0.05, 0.1) is 25.1 Å². The summed E-state index contributed by atoms with van der Waals surface area (Å²) in [6.45, 7) is 4.40. The highest BCUT2D eigenvalue weighted by Crippen LogP contribution is 2.29. The number of nitrogens with zero attached hydrogens (tertiary/aromatic N) is 1. The number of rotatable bonds is 11. The average Bonchev–Trinajstić information content (AvgIpc) is 2.70. The smallest absolute Gasteiger partial charge is 0.232 e. The van der Waals surface area contributed by atoms with Crippen LogP contribution in [0.5, 0.6) is 11.5 Å². The molecule has 0 aliphatic rings. The summed E-state index contributed by atoms with van der Waals surface area (Å²) in [5.41, 5.74) is 1.61. The first-order valence-corrected chi connectivity index (χ1v) is 11.6. The topological polar surface area (TPSA) is 84.9 Å². The summed E-state index contributed by atoms with van der Waals surface area (Å²) in [4.78, 5) is 12.2. The molecule has 0 spiro atoms. The molecule has 2 aromatic rings. The molecule has 30 heavy (non-hydrogen) atoms. The second-order valence-corrected chi connectivity index (χ2v) is 9.11. The third-order valence-electron chi connectivity index (χ3n) is 4.45. The Balaban J connectivity index is 1.84. The fraction of sp³-hybridized carbons (Fsp3) is 0.409. The maximum atomic E-state index is 12.2. The minimum Gasteiger partial charge on any atom is -0.495 e. The lowest BCUT2D eigenvalue weighted by Gasteiger charge is -2.24. The van der Waals surface area contributed by atoms with Crippen LogP contribution >= 0.6 is 0 Å². The predicted molar refractivity (Wildman–Crippen MR) is 119 cm³/mol. The number of benzene rings is 2. The van der Waals surface area contributed by atoms with Crippen LogP contribution in [-0.4, -0.2) is 46.9 Å². The third-order valence-corrected chi connectivity index (χ3v) is 5.63. The van der Waals surface area contributed by atoms with E-state index < -0.39 is 10.0 Å². The van der Waals surface area contributed by atoms with Crippen LogP contribution in [0.3, 0.4) is 0 Å². The van der Waals surface area contributed by atoms with Crippen LogP contribution in [0, 0.1) is 6.92 Å². The Morgan fingerprint density at radius 2 is 1.80 bits per heavy atom. The molecule has 1 atom stereocenters. The first-order chi connectivity index (χ1) is 14.2. The molecule has 0 saturated heterocycles. The van der Waals surface area contributed by atoms with Crippen LogP contribution in [0.1, 0.15) is 25.3 Å². The van der Waals surface area contributed by atoms with Gasteiger partial charge in [0.1, 0.15) is 18.1 Å². The van der Waals surface area contributed by atoms with Gasteiger partial charge < -0.3 is 14.8 Å². The Morgan fingerprint density at radius 3 is 2.43 bits per heavy atom. The van der Waals surface area contributed by atoms with Gasteiger partial charge in [-0.05, 0) is 44.5 Å². The van der Waals surface area contributed by atoms with Crippen LogP contribution in [0.15, 0.2) is 48.5 Å². The van der Waals surface area contributed by atoms with E-state index in [9.17, 15) is 13.2 Å². The number of ether oxygens (including phenoxy) is 2. The van der Waals surface area contributed by atoms with Crippen molar-refractivity contribution in [3.8, 4) is 11.5 Å². The molecule has 164 valence electrons. The molecule has 0 aliphatic carbocycles. The van der Waals surface area contributed by atoms with Gasteiger partial charge in [-0.1, -0.05) is 29.8 Å². The number of carbonyl (C=O) groups excluding carboxylic acids is 1. The number of aryl methyl sites for hydroxylation is 1. The van der Waals surface area contributed by atoms with Gasteiger partial charge in [-0.25, -0.2) is 8.42 Å². The van der Waals surface area contributed by atoms with Gasteiger partial charge in [-0.15, -0.1) is 0 Å². The Kier molecular flexibility index (Phi) is 8.53. The van der Waals surface area contributed by atoms with E-state index in [2.05, 4.69) is 5.32 Å². The minimum absolute atomic E-state index is 0.150. The van der Waals surface area contributed by atoms with Gasteiger partial charge in [-0.3, -0.25) is 9.10 Å². The molecule has 1 N–H and O–H groups in total. The van der Waals surface area contributed by atoms with E-state index in [0.717, 1.165) is 17.6 Å². The summed E-state index contributed by atoms with van der Waals surface area (Å²) >= 11 is 0. The molecule has 8 heteroatoms.